The zero-order chi connectivity index (χ0) is 13.7. The number of imidazole rings is 1. The summed E-state index contributed by atoms with van der Waals surface area (Å²) >= 11 is 3.31. The molecule has 18 heavy (non-hydrogen) atoms. The van der Waals surface area contributed by atoms with Gasteiger partial charge in [0, 0.05) is 6.04 Å². The molecule has 0 spiro atoms. The second kappa shape index (κ2) is 6.89. The Balaban J connectivity index is 2.81. The molecular formula is C12H21BrN4O. The fourth-order valence-electron chi connectivity index (χ4n) is 1.64. The van der Waals surface area contributed by atoms with Gasteiger partial charge in [0.15, 0.2) is 0 Å². The van der Waals surface area contributed by atoms with E-state index in [4.69, 9.17) is 5.73 Å². The molecule has 1 aromatic rings. The van der Waals surface area contributed by atoms with Crippen LogP contribution in [0.1, 0.15) is 39.4 Å². The van der Waals surface area contributed by atoms with Crippen molar-refractivity contribution < 1.29 is 4.79 Å². The van der Waals surface area contributed by atoms with Crippen LogP contribution < -0.4 is 5.73 Å². The van der Waals surface area contributed by atoms with Gasteiger partial charge in [0.25, 0.3) is 0 Å². The van der Waals surface area contributed by atoms with E-state index in [-0.39, 0.29) is 11.9 Å². The highest BCUT2D eigenvalue weighted by atomic mass is 79.9. The second-order valence-corrected chi connectivity index (χ2v) is 5.27. The van der Waals surface area contributed by atoms with Gasteiger partial charge in [-0.25, -0.2) is 4.98 Å². The normalized spacial score (nSPS) is 14.3. The van der Waals surface area contributed by atoms with Crippen LogP contribution in [0.15, 0.2) is 10.8 Å². The van der Waals surface area contributed by atoms with Gasteiger partial charge in [-0.05, 0) is 35.7 Å². The van der Waals surface area contributed by atoms with Crippen LogP contribution in [-0.2, 0) is 11.3 Å². The molecular weight excluding hydrogens is 296 g/mol. The molecule has 0 saturated carbocycles. The lowest BCUT2D eigenvalue weighted by Crippen LogP contribution is -2.47. The summed E-state index contributed by atoms with van der Waals surface area (Å²) in [4.78, 5) is 21.3. The zero-order valence-corrected chi connectivity index (χ0v) is 12.7. The fraction of sp³-hybridized carbons (Fsp3) is 0.667. The summed E-state index contributed by atoms with van der Waals surface area (Å²) in [6.45, 7) is 6.46. The smallest absolute Gasteiger partial charge is 0.240 e. The molecule has 0 saturated heterocycles. The molecule has 0 fully saturated rings. The van der Waals surface area contributed by atoms with Crippen LogP contribution in [0.5, 0.6) is 0 Å². The predicted octanol–water partition coefficient (Wildman–Crippen LogP) is 2.04. The van der Waals surface area contributed by atoms with Gasteiger partial charge in [0.2, 0.25) is 5.91 Å². The van der Waals surface area contributed by atoms with Crippen molar-refractivity contribution in [3.63, 3.8) is 0 Å². The Kier molecular flexibility index (Phi) is 5.81. The van der Waals surface area contributed by atoms with E-state index in [1.165, 1.54) is 0 Å². The highest BCUT2D eigenvalue weighted by molar-refractivity contribution is 9.10. The summed E-state index contributed by atoms with van der Waals surface area (Å²) in [6.07, 6.45) is 3.23. The lowest BCUT2D eigenvalue weighted by Gasteiger charge is -2.30. The molecule has 1 amide bonds. The summed E-state index contributed by atoms with van der Waals surface area (Å²) < 4.78 is 0.814. The van der Waals surface area contributed by atoms with Crippen LogP contribution in [0.25, 0.3) is 0 Å². The lowest BCUT2D eigenvalue weighted by molar-refractivity contribution is -0.135. The van der Waals surface area contributed by atoms with Gasteiger partial charge in [-0.1, -0.05) is 13.8 Å². The van der Waals surface area contributed by atoms with Gasteiger partial charge in [0.1, 0.15) is 10.4 Å². The molecule has 5 nitrogen and oxygen atoms in total. The highest BCUT2D eigenvalue weighted by Gasteiger charge is 2.24. The standard InChI is InChI=1S/C12H21BrN4O/c1-4-8(3)17(12(18)9(14)5-2)7-11-15-6-10(13)16-11/h6,8-9H,4-5,7,14H2,1-3H3,(H,15,16). The number of H-pyrrole nitrogens is 1. The van der Waals surface area contributed by atoms with E-state index in [1.807, 2.05) is 13.8 Å². The molecule has 0 bridgehead atoms. The monoisotopic (exact) mass is 316 g/mol. The van der Waals surface area contributed by atoms with Crippen molar-refractivity contribution in [1.29, 1.82) is 0 Å². The number of hydrogen-bond acceptors (Lipinski definition) is 3. The summed E-state index contributed by atoms with van der Waals surface area (Å²) in [5.41, 5.74) is 5.84. The average molecular weight is 317 g/mol. The number of carbonyl (C=O) groups excluding carboxylic acids is 1. The number of hydrogen-bond donors (Lipinski definition) is 2. The molecule has 0 aliphatic heterocycles. The Hall–Kier alpha value is -0.880. The summed E-state index contributed by atoms with van der Waals surface area (Å²) in [5.74, 6) is 0.748. The van der Waals surface area contributed by atoms with Crippen LogP contribution in [0.4, 0.5) is 0 Å². The minimum Gasteiger partial charge on any atom is -0.335 e. The number of halogens is 1. The van der Waals surface area contributed by atoms with Gasteiger partial charge < -0.3 is 15.6 Å². The van der Waals surface area contributed by atoms with Gasteiger partial charge in [-0.3, -0.25) is 4.79 Å². The van der Waals surface area contributed by atoms with Gasteiger partial charge >= 0.3 is 0 Å². The summed E-state index contributed by atoms with van der Waals surface area (Å²) in [5, 5.41) is 0. The minimum absolute atomic E-state index is 0.0145. The van der Waals surface area contributed by atoms with Gasteiger partial charge in [0.05, 0.1) is 18.8 Å². The number of aromatic amines is 1. The molecule has 0 aromatic carbocycles. The number of aromatic nitrogens is 2. The van der Waals surface area contributed by atoms with Crippen molar-refractivity contribution in [3.05, 3.63) is 16.6 Å². The topological polar surface area (TPSA) is 75.0 Å². The first-order valence-corrected chi connectivity index (χ1v) is 7.04. The van der Waals surface area contributed by atoms with Crippen molar-refractivity contribution in [2.24, 2.45) is 5.73 Å². The SMILES string of the molecule is CCC(N)C(=O)N(Cc1ncc(Br)[nH]1)C(C)CC. The maximum atomic E-state index is 12.2. The third-order valence-electron chi connectivity index (χ3n) is 3.08. The predicted molar refractivity (Wildman–Crippen MR) is 74.9 cm³/mol. The molecule has 0 aliphatic rings. The number of amides is 1. The number of carbonyl (C=O) groups is 1. The largest absolute Gasteiger partial charge is 0.335 e. The molecule has 0 radical (unpaired) electrons. The molecule has 2 unspecified atom stereocenters. The third-order valence-corrected chi connectivity index (χ3v) is 3.48. The summed E-state index contributed by atoms with van der Waals surface area (Å²) in [6, 6.07) is -0.281. The van der Waals surface area contributed by atoms with Crippen LogP contribution in [-0.4, -0.2) is 32.9 Å². The number of nitrogens with zero attached hydrogens (tertiary/aromatic N) is 2. The molecule has 3 N–H and O–H groups in total. The number of nitrogens with one attached hydrogen (secondary N) is 1. The Bertz CT molecular complexity index is 393. The lowest BCUT2D eigenvalue weighted by atomic mass is 10.1. The number of rotatable bonds is 6. The fourth-order valence-corrected chi connectivity index (χ4v) is 1.97. The van der Waals surface area contributed by atoms with Crippen molar-refractivity contribution in [2.75, 3.05) is 0 Å². The van der Waals surface area contributed by atoms with E-state index < -0.39 is 6.04 Å². The van der Waals surface area contributed by atoms with Crippen molar-refractivity contribution in [1.82, 2.24) is 14.9 Å². The van der Waals surface area contributed by atoms with E-state index in [0.717, 1.165) is 16.8 Å². The third kappa shape index (κ3) is 3.81. The quantitative estimate of drug-likeness (QED) is 0.843. The van der Waals surface area contributed by atoms with Crippen molar-refractivity contribution in [2.45, 2.75) is 52.2 Å². The van der Waals surface area contributed by atoms with E-state index in [9.17, 15) is 4.79 Å². The number of nitrogens with two attached hydrogens (primary N) is 1. The first-order chi connectivity index (χ1) is 8.49. The van der Waals surface area contributed by atoms with E-state index in [0.29, 0.717) is 13.0 Å². The molecule has 6 heteroatoms. The molecule has 102 valence electrons. The van der Waals surface area contributed by atoms with Crippen molar-refractivity contribution in [3.8, 4) is 0 Å². The maximum absolute atomic E-state index is 12.2. The van der Waals surface area contributed by atoms with Crippen LogP contribution >= 0.6 is 15.9 Å². The zero-order valence-electron chi connectivity index (χ0n) is 11.1. The van der Waals surface area contributed by atoms with Crippen molar-refractivity contribution >= 4 is 21.8 Å². The second-order valence-electron chi connectivity index (χ2n) is 4.42. The Morgan fingerprint density at radius 2 is 2.22 bits per heavy atom. The van der Waals surface area contributed by atoms with Crippen LogP contribution in [0, 0.1) is 0 Å². The van der Waals surface area contributed by atoms with Crippen LogP contribution in [0.2, 0.25) is 0 Å². The first kappa shape index (κ1) is 15.2. The molecule has 0 aliphatic carbocycles. The first-order valence-electron chi connectivity index (χ1n) is 6.25. The molecule has 2 atom stereocenters. The molecule has 1 aromatic heterocycles. The summed E-state index contributed by atoms with van der Waals surface area (Å²) in [7, 11) is 0. The average Bonchev–Trinajstić information content (AvgIpc) is 2.78. The Morgan fingerprint density at radius 3 is 2.67 bits per heavy atom. The Labute approximate surface area is 116 Å². The van der Waals surface area contributed by atoms with E-state index in [1.54, 1.807) is 11.1 Å². The Morgan fingerprint density at radius 1 is 1.56 bits per heavy atom. The highest BCUT2D eigenvalue weighted by Crippen LogP contribution is 2.13. The van der Waals surface area contributed by atoms with E-state index in [2.05, 4.69) is 32.8 Å². The molecule has 1 heterocycles. The van der Waals surface area contributed by atoms with Gasteiger partial charge in [-0.2, -0.15) is 0 Å². The van der Waals surface area contributed by atoms with E-state index >= 15 is 0 Å². The van der Waals surface area contributed by atoms with Crippen LogP contribution in [0.3, 0.4) is 0 Å². The van der Waals surface area contributed by atoms with Gasteiger partial charge in [-0.15, -0.1) is 0 Å². The molecule has 1 rings (SSSR count). The maximum Gasteiger partial charge on any atom is 0.240 e. The minimum atomic E-state index is -0.433.